The number of nitrogens with zero attached hydrogens (tertiary/aromatic N) is 1. The fourth-order valence-electron chi connectivity index (χ4n) is 2.08. The van der Waals surface area contributed by atoms with E-state index in [-0.39, 0.29) is 0 Å². The highest BCUT2D eigenvalue weighted by atomic mass is 35.5. The summed E-state index contributed by atoms with van der Waals surface area (Å²) in [4.78, 5) is 6.86. The Morgan fingerprint density at radius 3 is 2.04 bits per heavy atom. The first-order valence-corrected chi connectivity index (χ1v) is 9.01. The van der Waals surface area contributed by atoms with E-state index in [0.29, 0.717) is 10.0 Å². The highest BCUT2D eigenvalue weighted by Crippen LogP contribution is 2.28. The summed E-state index contributed by atoms with van der Waals surface area (Å²) in [6.45, 7) is 2.09. The van der Waals surface area contributed by atoms with Gasteiger partial charge in [-0.2, -0.15) is 0 Å². The van der Waals surface area contributed by atoms with Gasteiger partial charge < -0.3 is 0 Å². The van der Waals surface area contributed by atoms with Crippen LogP contribution in [0.4, 0.5) is 5.69 Å². The molecule has 3 aromatic rings. The average molecular weight is 372 g/mol. The van der Waals surface area contributed by atoms with Crippen LogP contribution in [0.3, 0.4) is 0 Å². The molecule has 0 saturated heterocycles. The second-order valence-corrected chi connectivity index (χ2v) is 7.30. The third kappa shape index (κ3) is 4.64. The molecule has 0 amide bonds. The lowest BCUT2D eigenvalue weighted by Crippen LogP contribution is -1.81. The Hall–Kier alpha value is -1.74. The van der Waals surface area contributed by atoms with Crippen molar-refractivity contribution in [3.63, 3.8) is 0 Å². The molecular formula is C20H15Cl2NS. The molecule has 0 N–H and O–H groups in total. The number of aliphatic imine (C=N–C) groups is 1. The number of halogens is 2. The van der Waals surface area contributed by atoms with Gasteiger partial charge in [0, 0.05) is 16.0 Å². The fraction of sp³-hybridized carbons (Fsp3) is 0.0500. The predicted octanol–water partition coefficient (Wildman–Crippen LogP) is 7.20. The molecule has 0 fully saturated rings. The molecule has 120 valence electrons. The average Bonchev–Trinajstić information content (AvgIpc) is 2.59. The van der Waals surface area contributed by atoms with Gasteiger partial charge in [0.25, 0.3) is 0 Å². The van der Waals surface area contributed by atoms with Gasteiger partial charge >= 0.3 is 0 Å². The lowest BCUT2D eigenvalue weighted by molar-refractivity contribution is 1.36. The van der Waals surface area contributed by atoms with Crippen LogP contribution in [0, 0.1) is 6.92 Å². The van der Waals surface area contributed by atoms with Crippen molar-refractivity contribution in [1.29, 1.82) is 0 Å². The van der Waals surface area contributed by atoms with Gasteiger partial charge in [-0.05, 0) is 55.0 Å². The Morgan fingerprint density at radius 2 is 1.42 bits per heavy atom. The lowest BCUT2D eigenvalue weighted by Gasteiger charge is -2.03. The van der Waals surface area contributed by atoms with Crippen LogP contribution in [0.25, 0.3) is 0 Å². The van der Waals surface area contributed by atoms with Crippen LogP contribution < -0.4 is 0 Å². The molecule has 0 radical (unpaired) electrons. The minimum atomic E-state index is 0.510. The van der Waals surface area contributed by atoms with Gasteiger partial charge in [-0.1, -0.05) is 64.8 Å². The van der Waals surface area contributed by atoms with E-state index in [4.69, 9.17) is 23.2 Å². The van der Waals surface area contributed by atoms with Crippen molar-refractivity contribution >= 4 is 46.9 Å². The largest absolute Gasteiger partial charge is 0.256 e. The van der Waals surface area contributed by atoms with Crippen LogP contribution in [0.15, 0.2) is 81.5 Å². The van der Waals surface area contributed by atoms with E-state index in [1.165, 1.54) is 15.4 Å². The van der Waals surface area contributed by atoms with Gasteiger partial charge in [0.15, 0.2) is 0 Å². The maximum Gasteiger partial charge on any atom is 0.0645 e. The first-order valence-electron chi connectivity index (χ1n) is 7.44. The summed E-state index contributed by atoms with van der Waals surface area (Å²) in [5.74, 6) is 0. The molecule has 24 heavy (non-hydrogen) atoms. The molecule has 0 aliphatic heterocycles. The highest BCUT2D eigenvalue weighted by molar-refractivity contribution is 7.99. The minimum absolute atomic E-state index is 0.510. The maximum atomic E-state index is 5.99. The van der Waals surface area contributed by atoms with Crippen molar-refractivity contribution < 1.29 is 0 Å². The summed E-state index contributed by atoms with van der Waals surface area (Å²) in [6, 6.07) is 22.2. The van der Waals surface area contributed by atoms with Crippen molar-refractivity contribution in [2.24, 2.45) is 4.99 Å². The van der Waals surface area contributed by atoms with Crippen LogP contribution in [-0.4, -0.2) is 6.21 Å². The summed E-state index contributed by atoms with van der Waals surface area (Å²) in [6.07, 6.45) is 1.82. The molecule has 3 rings (SSSR count). The Balaban J connectivity index is 1.68. The molecule has 0 heterocycles. The summed E-state index contributed by atoms with van der Waals surface area (Å²) in [5.41, 5.74) is 3.09. The molecule has 0 aliphatic rings. The molecular weight excluding hydrogens is 357 g/mol. The zero-order chi connectivity index (χ0) is 16.9. The van der Waals surface area contributed by atoms with Crippen molar-refractivity contribution in [1.82, 2.24) is 0 Å². The quantitative estimate of drug-likeness (QED) is 0.441. The highest BCUT2D eigenvalue weighted by Gasteiger charge is 1.99. The second-order valence-electron chi connectivity index (χ2n) is 5.34. The van der Waals surface area contributed by atoms with Gasteiger partial charge in [0.1, 0.15) is 0 Å². The van der Waals surface area contributed by atoms with E-state index in [2.05, 4.69) is 60.4 Å². The molecule has 0 spiro atoms. The summed E-state index contributed by atoms with van der Waals surface area (Å²) in [5, 5.41) is 1.05. The van der Waals surface area contributed by atoms with Crippen LogP contribution in [0.5, 0.6) is 0 Å². The van der Waals surface area contributed by atoms with Gasteiger partial charge in [0.2, 0.25) is 0 Å². The molecule has 0 aromatic heterocycles. The van der Waals surface area contributed by atoms with E-state index in [1.807, 2.05) is 12.3 Å². The zero-order valence-corrected chi connectivity index (χ0v) is 15.4. The molecule has 4 heteroatoms. The number of benzene rings is 3. The SMILES string of the molecule is Cc1ccc(Sc2ccc(C=Nc3ccc(Cl)c(Cl)c3)cc2)cc1. The molecule has 0 atom stereocenters. The van der Waals surface area contributed by atoms with Gasteiger partial charge in [0.05, 0.1) is 15.7 Å². The first kappa shape index (κ1) is 17.1. The summed E-state index contributed by atoms with van der Waals surface area (Å²) >= 11 is 13.6. The smallest absolute Gasteiger partial charge is 0.0645 e. The molecule has 1 nitrogen and oxygen atoms in total. The van der Waals surface area contributed by atoms with Crippen molar-refractivity contribution in [2.75, 3.05) is 0 Å². The molecule has 3 aromatic carbocycles. The van der Waals surface area contributed by atoms with Gasteiger partial charge in [-0.3, -0.25) is 4.99 Å². The maximum absolute atomic E-state index is 5.99. The third-order valence-corrected chi connectivity index (χ3v) is 5.16. The standard InChI is InChI=1S/C20H15Cl2NS/c1-14-2-7-17(8-3-14)24-18-9-4-15(5-10-18)13-23-16-6-11-19(21)20(22)12-16/h2-13H,1H3. The Bertz CT molecular complexity index is 856. The number of aryl methyl sites for hydroxylation is 1. The zero-order valence-electron chi connectivity index (χ0n) is 13.0. The Labute approximate surface area is 156 Å². The summed E-state index contributed by atoms with van der Waals surface area (Å²) in [7, 11) is 0. The third-order valence-electron chi connectivity index (χ3n) is 3.40. The number of rotatable bonds is 4. The van der Waals surface area contributed by atoms with Gasteiger partial charge in [-0.25, -0.2) is 0 Å². The monoisotopic (exact) mass is 371 g/mol. The van der Waals surface area contributed by atoms with E-state index in [1.54, 1.807) is 23.9 Å². The second kappa shape index (κ2) is 7.89. The van der Waals surface area contributed by atoms with E-state index >= 15 is 0 Å². The van der Waals surface area contributed by atoms with E-state index in [0.717, 1.165) is 11.3 Å². The van der Waals surface area contributed by atoms with Crippen LogP contribution in [0.1, 0.15) is 11.1 Å². The minimum Gasteiger partial charge on any atom is -0.256 e. The molecule has 0 saturated carbocycles. The van der Waals surface area contributed by atoms with Crippen molar-refractivity contribution in [3.05, 3.63) is 87.9 Å². The van der Waals surface area contributed by atoms with E-state index in [9.17, 15) is 0 Å². The summed E-state index contributed by atoms with van der Waals surface area (Å²) < 4.78 is 0. The fourth-order valence-corrected chi connectivity index (χ4v) is 3.19. The molecule has 0 bridgehead atoms. The van der Waals surface area contributed by atoms with Crippen LogP contribution >= 0.6 is 35.0 Å². The Morgan fingerprint density at radius 1 is 0.792 bits per heavy atom. The number of hydrogen-bond acceptors (Lipinski definition) is 2. The first-order chi connectivity index (χ1) is 11.6. The van der Waals surface area contributed by atoms with Gasteiger partial charge in [-0.15, -0.1) is 0 Å². The van der Waals surface area contributed by atoms with Crippen LogP contribution in [0.2, 0.25) is 10.0 Å². The van der Waals surface area contributed by atoms with Crippen molar-refractivity contribution in [3.8, 4) is 0 Å². The number of hydrogen-bond donors (Lipinski definition) is 0. The molecule has 0 aliphatic carbocycles. The Kier molecular flexibility index (Phi) is 5.62. The van der Waals surface area contributed by atoms with Crippen molar-refractivity contribution in [2.45, 2.75) is 16.7 Å². The van der Waals surface area contributed by atoms with E-state index < -0.39 is 0 Å². The topological polar surface area (TPSA) is 12.4 Å². The normalized spacial score (nSPS) is 11.1. The van der Waals surface area contributed by atoms with Crippen LogP contribution in [-0.2, 0) is 0 Å². The lowest BCUT2D eigenvalue weighted by atomic mass is 10.2. The predicted molar refractivity (Wildman–Crippen MR) is 105 cm³/mol. The molecule has 0 unspecified atom stereocenters.